The molecule has 8 heteroatoms. The van der Waals surface area contributed by atoms with Gasteiger partial charge in [-0.05, 0) is 13.1 Å². The van der Waals surface area contributed by atoms with Crippen molar-refractivity contribution in [3.8, 4) is 5.75 Å². The number of thiophene rings is 1. The molecule has 2 aromatic heterocycles. The first-order valence-electron chi connectivity index (χ1n) is 10.2. The number of amides is 1. The fourth-order valence-corrected chi connectivity index (χ4v) is 4.90. The Labute approximate surface area is 188 Å². The Kier molecular flexibility index (Phi) is 6.34. The van der Waals surface area contributed by atoms with Gasteiger partial charge < -0.3 is 15.4 Å². The summed E-state index contributed by atoms with van der Waals surface area (Å²) in [7, 11) is 3.25. The minimum atomic E-state index is -0.356. The first-order chi connectivity index (χ1) is 15.6. The lowest BCUT2D eigenvalue weighted by molar-refractivity contribution is 0.0952. The highest BCUT2D eigenvalue weighted by molar-refractivity contribution is 7.22. The summed E-state index contributed by atoms with van der Waals surface area (Å²) in [6.45, 7) is 0.960. The zero-order valence-corrected chi connectivity index (χ0v) is 18.6. The van der Waals surface area contributed by atoms with Crippen molar-refractivity contribution in [2.45, 2.75) is 6.54 Å². The lowest BCUT2D eigenvalue weighted by Crippen LogP contribution is -2.30. The number of hydrogen-bond acceptors (Lipinski definition) is 6. The van der Waals surface area contributed by atoms with E-state index in [-0.39, 0.29) is 29.5 Å². The summed E-state index contributed by atoms with van der Waals surface area (Å²) in [5, 5.41) is 6.92. The fraction of sp³-hybridized carbons (Fsp3) is 0.208. The number of aromatic nitrogens is 1. The van der Waals surface area contributed by atoms with Crippen LogP contribution in [0.1, 0.15) is 20.0 Å². The summed E-state index contributed by atoms with van der Waals surface area (Å²) < 4.78 is 7.67. The van der Waals surface area contributed by atoms with Gasteiger partial charge in [0.25, 0.3) is 11.5 Å². The van der Waals surface area contributed by atoms with Crippen molar-refractivity contribution >= 4 is 44.0 Å². The van der Waals surface area contributed by atoms with Crippen molar-refractivity contribution in [3.63, 3.8) is 0 Å². The van der Waals surface area contributed by atoms with E-state index in [1.807, 2.05) is 30.3 Å². The van der Waals surface area contributed by atoms with Gasteiger partial charge in [0, 0.05) is 24.0 Å². The number of pyridine rings is 1. The number of ether oxygens (including phenoxy) is 1. The number of methoxy groups -OCH3 is 1. The van der Waals surface area contributed by atoms with Crippen LogP contribution in [0.5, 0.6) is 5.75 Å². The number of hydrogen-bond donors (Lipinski definition) is 2. The van der Waals surface area contributed by atoms with Gasteiger partial charge in [0.2, 0.25) is 0 Å². The van der Waals surface area contributed by atoms with Gasteiger partial charge in [-0.1, -0.05) is 48.5 Å². The molecule has 0 fully saturated rings. The number of benzene rings is 2. The minimum absolute atomic E-state index is 0.109. The van der Waals surface area contributed by atoms with Gasteiger partial charge in [-0.3, -0.25) is 19.0 Å². The van der Waals surface area contributed by atoms with Crippen molar-refractivity contribution in [2.24, 2.45) is 0 Å². The van der Waals surface area contributed by atoms with Crippen LogP contribution in [-0.2, 0) is 6.54 Å². The SMILES string of the molecule is CNCCNC(=O)c1sc2c(c1OC)c(=O)n(CC(=O)c1ccccc1)c1ccccc21. The van der Waals surface area contributed by atoms with E-state index in [4.69, 9.17) is 4.74 Å². The molecule has 0 bridgehead atoms. The molecule has 2 aromatic carbocycles. The largest absolute Gasteiger partial charge is 0.494 e. The van der Waals surface area contributed by atoms with E-state index in [1.165, 1.54) is 23.0 Å². The van der Waals surface area contributed by atoms with Crippen molar-refractivity contribution in [1.82, 2.24) is 15.2 Å². The molecular formula is C24H23N3O4S. The summed E-state index contributed by atoms with van der Waals surface area (Å²) in [5.41, 5.74) is 0.816. The van der Waals surface area contributed by atoms with Crippen LogP contribution in [0.3, 0.4) is 0 Å². The monoisotopic (exact) mass is 449 g/mol. The molecule has 164 valence electrons. The number of nitrogens with zero attached hydrogens (tertiary/aromatic N) is 1. The molecule has 4 aromatic rings. The Morgan fingerprint density at radius 2 is 1.75 bits per heavy atom. The smallest absolute Gasteiger partial charge is 0.265 e. The molecule has 0 saturated heterocycles. The first-order valence-corrected chi connectivity index (χ1v) is 11.0. The molecule has 7 nitrogen and oxygen atoms in total. The van der Waals surface area contributed by atoms with Crippen LogP contribution in [0.4, 0.5) is 0 Å². The number of carbonyl (C=O) groups excluding carboxylic acids is 2. The minimum Gasteiger partial charge on any atom is -0.494 e. The zero-order valence-electron chi connectivity index (χ0n) is 17.8. The average Bonchev–Trinajstić information content (AvgIpc) is 3.22. The lowest BCUT2D eigenvalue weighted by atomic mass is 10.1. The first kappa shape index (κ1) is 21.7. The normalized spacial score (nSPS) is 11.1. The van der Waals surface area contributed by atoms with Gasteiger partial charge in [-0.15, -0.1) is 11.3 Å². The fourth-order valence-electron chi connectivity index (χ4n) is 3.69. The van der Waals surface area contributed by atoms with E-state index in [0.717, 1.165) is 5.39 Å². The molecule has 0 radical (unpaired) electrons. The molecule has 0 saturated carbocycles. The predicted octanol–water partition coefficient (Wildman–Crippen LogP) is 3.06. The van der Waals surface area contributed by atoms with Crippen LogP contribution in [0.25, 0.3) is 21.0 Å². The second kappa shape index (κ2) is 9.33. The van der Waals surface area contributed by atoms with Gasteiger partial charge in [0.15, 0.2) is 11.5 Å². The maximum Gasteiger partial charge on any atom is 0.265 e. The molecular weight excluding hydrogens is 426 g/mol. The van der Waals surface area contributed by atoms with Gasteiger partial charge in [-0.2, -0.15) is 0 Å². The van der Waals surface area contributed by atoms with E-state index >= 15 is 0 Å². The van der Waals surface area contributed by atoms with Crippen LogP contribution in [0.15, 0.2) is 59.4 Å². The van der Waals surface area contributed by atoms with Crippen LogP contribution < -0.4 is 20.9 Å². The van der Waals surface area contributed by atoms with Crippen LogP contribution >= 0.6 is 11.3 Å². The van der Waals surface area contributed by atoms with Crippen LogP contribution in [0, 0.1) is 0 Å². The zero-order chi connectivity index (χ0) is 22.7. The molecule has 0 aliphatic carbocycles. The van der Waals surface area contributed by atoms with Crippen molar-refractivity contribution in [1.29, 1.82) is 0 Å². The van der Waals surface area contributed by atoms with Crippen LogP contribution in [-0.4, -0.2) is 43.5 Å². The topological polar surface area (TPSA) is 89.4 Å². The number of rotatable bonds is 8. The number of ketones is 1. The quantitative estimate of drug-likeness (QED) is 0.319. The number of likely N-dealkylation sites (N-methyl/N-ethyl adjacent to an activating group) is 1. The Hall–Kier alpha value is -3.49. The lowest BCUT2D eigenvalue weighted by Gasteiger charge is -2.11. The highest BCUT2D eigenvalue weighted by Gasteiger charge is 2.25. The summed E-state index contributed by atoms with van der Waals surface area (Å²) >= 11 is 1.23. The molecule has 1 amide bonds. The van der Waals surface area contributed by atoms with E-state index in [0.29, 0.717) is 39.1 Å². The standard InChI is InChI=1S/C24H23N3O4S/c1-25-12-13-26-23(29)22-20(31-2)19-21(32-22)16-10-6-7-11-17(16)27(24(19)30)14-18(28)15-8-4-3-5-9-15/h3-11,25H,12-14H2,1-2H3,(H,26,29). The Balaban J connectivity index is 1.90. The molecule has 32 heavy (non-hydrogen) atoms. The number of fused-ring (bicyclic) bond motifs is 3. The third-order valence-corrected chi connectivity index (χ3v) is 6.43. The van der Waals surface area contributed by atoms with Crippen molar-refractivity contribution in [2.75, 3.05) is 27.2 Å². The van der Waals surface area contributed by atoms with E-state index in [1.54, 1.807) is 31.3 Å². The Morgan fingerprint density at radius 1 is 1.03 bits per heavy atom. The predicted molar refractivity (Wildman–Crippen MR) is 127 cm³/mol. The number of nitrogens with one attached hydrogen (secondary N) is 2. The van der Waals surface area contributed by atoms with E-state index in [9.17, 15) is 14.4 Å². The van der Waals surface area contributed by atoms with Gasteiger partial charge in [-0.25, -0.2) is 0 Å². The van der Waals surface area contributed by atoms with Crippen LogP contribution in [0.2, 0.25) is 0 Å². The molecule has 0 spiro atoms. The van der Waals surface area contributed by atoms with Gasteiger partial charge in [0.05, 0.1) is 23.9 Å². The Bertz CT molecular complexity index is 1360. The number of carbonyl (C=O) groups is 2. The summed E-state index contributed by atoms with van der Waals surface area (Å²) in [4.78, 5) is 39.6. The van der Waals surface area contributed by atoms with Crippen molar-refractivity contribution in [3.05, 3.63) is 75.4 Å². The molecule has 0 aliphatic rings. The van der Waals surface area contributed by atoms with E-state index < -0.39 is 0 Å². The summed E-state index contributed by atoms with van der Waals surface area (Å²) in [6, 6.07) is 16.3. The molecule has 2 heterocycles. The molecule has 4 rings (SSSR count). The third kappa shape index (κ3) is 3.90. The highest BCUT2D eigenvalue weighted by atomic mass is 32.1. The second-order valence-electron chi connectivity index (χ2n) is 7.23. The van der Waals surface area contributed by atoms with Gasteiger partial charge in [0.1, 0.15) is 10.3 Å². The third-order valence-electron chi connectivity index (χ3n) is 5.23. The second-order valence-corrected chi connectivity index (χ2v) is 8.25. The van der Waals surface area contributed by atoms with Crippen molar-refractivity contribution < 1.29 is 14.3 Å². The molecule has 0 atom stereocenters. The maximum absolute atomic E-state index is 13.6. The summed E-state index contributed by atoms with van der Waals surface area (Å²) in [6.07, 6.45) is 0. The maximum atomic E-state index is 13.6. The highest BCUT2D eigenvalue weighted by Crippen LogP contribution is 2.39. The van der Waals surface area contributed by atoms with Gasteiger partial charge >= 0.3 is 0 Å². The summed E-state index contributed by atoms with van der Waals surface area (Å²) in [5.74, 6) is -0.228. The Morgan fingerprint density at radius 3 is 2.47 bits per heavy atom. The molecule has 2 N–H and O–H groups in total. The number of para-hydroxylation sites is 1. The number of Topliss-reactive ketones (excluding diaryl/α,β-unsaturated/α-hetero) is 1. The van der Waals surface area contributed by atoms with E-state index in [2.05, 4.69) is 10.6 Å². The molecule has 0 unspecified atom stereocenters. The molecule has 0 aliphatic heterocycles. The average molecular weight is 450 g/mol.